The topological polar surface area (TPSA) is 87.7 Å². The highest BCUT2D eigenvalue weighted by molar-refractivity contribution is 7.89. The molecule has 0 saturated carbocycles. The first-order valence-electron chi connectivity index (χ1n) is 10.6. The van der Waals surface area contributed by atoms with Crippen molar-refractivity contribution in [3.8, 4) is 0 Å². The van der Waals surface area contributed by atoms with Crippen LogP contribution in [-0.4, -0.2) is 58.0 Å². The summed E-state index contributed by atoms with van der Waals surface area (Å²) in [6.45, 7) is 6.45. The van der Waals surface area contributed by atoms with Gasteiger partial charge in [-0.3, -0.25) is 4.79 Å². The zero-order valence-electron chi connectivity index (χ0n) is 18.1. The van der Waals surface area contributed by atoms with Gasteiger partial charge >= 0.3 is 0 Å². The van der Waals surface area contributed by atoms with Crippen molar-refractivity contribution in [3.05, 3.63) is 59.7 Å². The van der Waals surface area contributed by atoms with Crippen molar-refractivity contribution in [2.24, 2.45) is 0 Å². The molecule has 1 fully saturated rings. The molecule has 8 heteroatoms. The maximum atomic E-state index is 12.8. The van der Waals surface area contributed by atoms with E-state index >= 15 is 0 Å². The van der Waals surface area contributed by atoms with Crippen LogP contribution >= 0.6 is 0 Å². The van der Waals surface area contributed by atoms with Crippen molar-refractivity contribution >= 4 is 21.6 Å². The molecule has 0 atom stereocenters. The van der Waals surface area contributed by atoms with Crippen molar-refractivity contribution < 1.29 is 17.9 Å². The molecule has 2 aromatic carbocycles. The summed E-state index contributed by atoms with van der Waals surface area (Å²) in [7, 11) is -3.56. The summed E-state index contributed by atoms with van der Waals surface area (Å²) in [5.41, 5.74) is 3.07. The Balaban J connectivity index is 1.47. The summed E-state index contributed by atoms with van der Waals surface area (Å²) in [5.74, 6) is 0.363. The van der Waals surface area contributed by atoms with E-state index < -0.39 is 10.0 Å². The largest absolute Gasteiger partial charge is 0.379 e. The normalized spacial score (nSPS) is 15.1. The average Bonchev–Trinajstić information content (AvgIpc) is 2.79. The third kappa shape index (κ3) is 6.53. The van der Waals surface area contributed by atoms with Crippen molar-refractivity contribution in [2.75, 3.05) is 44.7 Å². The van der Waals surface area contributed by atoms with Gasteiger partial charge in [-0.2, -0.15) is 4.31 Å². The number of hydrogen-bond acceptors (Lipinski definition) is 5. The summed E-state index contributed by atoms with van der Waals surface area (Å²) in [5, 5.41) is 5.90. The van der Waals surface area contributed by atoms with E-state index in [1.165, 1.54) is 15.4 Å². The van der Waals surface area contributed by atoms with Crippen LogP contribution in [0.4, 0.5) is 5.69 Å². The highest BCUT2D eigenvalue weighted by Crippen LogP contribution is 2.20. The number of nitrogens with zero attached hydrogens (tertiary/aromatic N) is 1. The number of benzene rings is 2. The van der Waals surface area contributed by atoms with E-state index in [-0.39, 0.29) is 17.3 Å². The Bertz CT molecular complexity index is 969. The first-order valence-corrected chi connectivity index (χ1v) is 12.1. The minimum atomic E-state index is -3.56. The number of ether oxygens (including phenoxy) is 1. The van der Waals surface area contributed by atoms with Crippen LogP contribution in [0.25, 0.3) is 0 Å². The lowest BCUT2D eigenvalue weighted by molar-refractivity contribution is -0.119. The molecule has 0 radical (unpaired) electrons. The Morgan fingerprint density at radius 2 is 1.81 bits per heavy atom. The molecule has 0 bridgehead atoms. The molecule has 3 rings (SSSR count). The van der Waals surface area contributed by atoms with Gasteiger partial charge in [0.1, 0.15) is 0 Å². The third-order valence-corrected chi connectivity index (χ3v) is 7.17. The number of morpholine rings is 1. The van der Waals surface area contributed by atoms with E-state index in [0.29, 0.717) is 44.5 Å². The van der Waals surface area contributed by atoms with Crippen LogP contribution in [0.5, 0.6) is 0 Å². The van der Waals surface area contributed by atoms with Crippen LogP contribution in [0.3, 0.4) is 0 Å². The molecule has 1 saturated heterocycles. The van der Waals surface area contributed by atoms with E-state index in [2.05, 4.69) is 48.7 Å². The summed E-state index contributed by atoms with van der Waals surface area (Å²) in [4.78, 5) is 12.4. The van der Waals surface area contributed by atoms with Gasteiger partial charge in [-0.05, 0) is 41.7 Å². The standard InChI is InChI=1S/C23H31N3O4S/c1-18(2)20-8-6-19(7-9-20)10-11-24-23(27)17-25-21-4-3-5-22(16-21)31(28,29)26-12-14-30-15-13-26/h3-9,16,18,25H,10-15,17H2,1-2H3,(H,24,27). The van der Waals surface area contributed by atoms with Gasteiger partial charge in [0.2, 0.25) is 15.9 Å². The second kappa shape index (κ2) is 10.7. The van der Waals surface area contributed by atoms with Crippen LogP contribution in [0.2, 0.25) is 0 Å². The maximum Gasteiger partial charge on any atom is 0.243 e. The fourth-order valence-electron chi connectivity index (χ4n) is 3.36. The zero-order chi connectivity index (χ0) is 22.3. The van der Waals surface area contributed by atoms with Crippen molar-refractivity contribution in [2.45, 2.75) is 31.1 Å². The van der Waals surface area contributed by atoms with Gasteiger partial charge in [-0.15, -0.1) is 0 Å². The molecular formula is C23H31N3O4S. The minimum absolute atomic E-state index is 0.0767. The SMILES string of the molecule is CC(C)c1ccc(CCNC(=O)CNc2cccc(S(=O)(=O)N3CCOCC3)c2)cc1. The smallest absolute Gasteiger partial charge is 0.243 e. The number of sulfonamides is 1. The lowest BCUT2D eigenvalue weighted by Gasteiger charge is -2.26. The summed E-state index contributed by atoms with van der Waals surface area (Å²) in [6.07, 6.45) is 0.761. The van der Waals surface area contributed by atoms with Gasteiger partial charge in [-0.25, -0.2) is 8.42 Å². The molecule has 1 amide bonds. The number of amides is 1. The molecular weight excluding hydrogens is 414 g/mol. The Hall–Kier alpha value is -2.42. The van der Waals surface area contributed by atoms with Gasteiger partial charge in [0.05, 0.1) is 24.7 Å². The van der Waals surface area contributed by atoms with Crippen molar-refractivity contribution in [1.29, 1.82) is 0 Å². The third-order valence-electron chi connectivity index (χ3n) is 5.28. The lowest BCUT2D eigenvalue weighted by Crippen LogP contribution is -2.40. The monoisotopic (exact) mass is 445 g/mol. The lowest BCUT2D eigenvalue weighted by atomic mass is 10.0. The Kier molecular flexibility index (Phi) is 8.06. The number of anilines is 1. The Morgan fingerprint density at radius 1 is 1.10 bits per heavy atom. The highest BCUT2D eigenvalue weighted by Gasteiger charge is 2.26. The molecule has 2 aromatic rings. The van der Waals surface area contributed by atoms with E-state index in [0.717, 1.165) is 6.42 Å². The molecule has 1 heterocycles. The quantitative estimate of drug-likeness (QED) is 0.620. The van der Waals surface area contributed by atoms with Gasteiger partial charge in [0.25, 0.3) is 0 Å². The average molecular weight is 446 g/mol. The maximum absolute atomic E-state index is 12.8. The number of nitrogens with one attached hydrogen (secondary N) is 2. The molecule has 1 aliphatic heterocycles. The molecule has 2 N–H and O–H groups in total. The van der Waals surface area contributed by atoms with Crippen LogP contribution < -0.4 is 10.6 Å². The minimum Gasteiger partial charge on any atom is -0.379 e. The van der Waals surface area contributed by atoms with Crippen LogP contribution in [0.15, 0.2) is 53.4 Å². The Morgan fingerprint density at radius 3 is 2.48 bits per heavy atom. The van der Waals surface area contributed by atoms with Gasteiger partial charge in [0.15, 0.2) is 0 Å². The molecule has 0 unspecified atom stereocenters. The highest BCUT2D eigenvalue weighted by atomic mass is 32.2. The molecule has 31 heavy (non-hydrogen) atoms. The second-order valence-electron chi connectivity index (χ2n) is 7.89. The second-order valence-corrected chi connectivity index (χ2v) is 9.83. The van der Waals surface area contributed by atoms with Gasteiger partial charge < -0.3 is 15.4 Å². The fourth-order valence-corrected chi connectivity index (χ4v) is 4.82. The molecule has 0 spiro atoms. The number of carbonyl (C=O) groups is 1. The molecule has 1 aliphatic rings. The predicted molar refractivity (Wildman–Crippen MR) is 122 cm³/mol. The zero-order valence-corrected chi connectivity index (χ0v) is 19.0. The summed E-state index contributed by atoms with van der Waals surface area (Å²) < 4.78 is 32.2. The fraction of sp³-hybridized carbons (Fsp3) is 0.435. The molecule has 168 valence electrons. The van der Waals surface area contributed by atoms with E-state index in [1.807, 2.05) is 0 Å². The number of carbonyl (C=O) groups excluding carboxylic acids is 1. The predicted octanol–water partition coefficient (Wildman–Crippen LogP) is 2.60. The summed E-state index contributed by atoms with van der Waals surface area (Å²) >= 11 is 0. The molecule has 0 aromatic heterocycles. The van der Waals surface area contributed by atoms with Crippen molar-refractivity contribution in [1.82, 2.24) is 9.62 Å². The van der Waals surface area contributed by atoms with Crippen molar-refractivity contribution in [3.63, 3.8) is 0 Å². The van der Waals surface area contributed by atoms with Gasteiger partial charge in [-0.1, -0.05) is 44.2 Å². The first kappa shape index (κ1) is 23.2. The van der Waals surface area contributed by atoms with E-state index in [1.54, 1.807) is 24.3 Å². The Labute approximate surface area is 184 Å². The van der Waals surface area contributed by atoms with Crippen LogP contribution in [-0.2, 0) is 26.0 Å². The summed E-state index contributed by atoms with van der Waals surface area (Å²) in [6, 6.07) is 15.0. The molecule has 0 aliphatic carbocycles. The number of rotatable bonds is 9. The van der Waals surface area contributed by atoms with E-state index in [4.69, 9.17) is 4.74 Å². The van der Waals surface area contributed by atoms with Gasteiger partial charge in [0, 0.05) is 25.3 Å². The first-order chi connectivity index (χ1) is 14.9. The van der Waals surface area contributed by atoms with Crippen LogP contribution in [0, 0.1) is 0 Å². The number of hydrogen-bond donors (Lipinski definition) is 2. The van der Waals surface area contributed by atoms with E-state index in [9.17, 15) is 13.2 Å². The van der Waals surface area contributed by atoms with Crippen LogP contribution in [0.1, 0.15) is 30.9 Å². The molecule has 7 nitrogen and oxygen atoms in total.